The Kier molecular flexibility index (Phi) is 7.34. The van der Waals surface area contributed by atoms with Gasteiger partial charge in [0.1, 0.15) is 5.75 Å². The van der Waals surface area contributed by atoms with Gasteiger partial charge in [-0.15, -0.1) is 0 Å². The van der Waals surface area contributed by atoms with Gasteiger partial charge in [0.2, 0.25) is 5.91 Å². The molecule has 1 unspecified atom stereocenters. The number of hydrogen-bond acceptors (Lipinski definition) is 2. The summed E-state index contributed by atoms with van der Waals surface area (Å²) in [7, 11) is 0. The monoisotopic (exact) mass is 345 g/mol. The van der Waals surface area contributed by atoms with Crippen LogP contribution in [0.5, 0.6) is 5.75 Å². The zero-order chi connectivity index (χ0) is 18.3. The normalized spacial score (nSPS) is 19.6. The summed E-state index contributed by atoms with van der Waals surface area (Å²) in [5.74, 6) is 1.16. The molecule has 140 valence electrons. The first-order valence-electron chi connectivity index (χ1n) is 9.97. The molecular weight excluding hydrogens is 310 g/mol. The Morgan fingerprint density at radius 3 is 2.76 bits per heavy atom. The van der Waals surface area contributed by atoms with E-state index >= 15 is 0 Å². The Labute approximate surface area is 153 Å². The van der Waals surface area contributed by atoms with Crippen LogP contribution >= 0.6 is 0 Å². The fourth-order valence-electron chi connectivity index (χ4n) is 4.13. The molecule has 2 rings (SSSR count). The standard InChI is InChI=1S/C22H35NO2/c1-4-5-6-7-13-25-19-10-11-20(21(23)24)18(15-19)14-17-9-8-12-22(2,3)16-17/h10-11,15,17H,4-9,12-14,16H2,1-3H3,(H2,23,24). The molecule has 3 heteroatoms. The minimum absolute atomic E-state index is 0.334. The lowest BCUT2D eigenvalue weighted by molar-refractivity contribution is 0.0998. The molecule has 1 fully saturated rings. The second-order valence-corrected chi connectivity index (χ2v) is 8.42. The van der Waals surface area contributed by atoms with Crippen LogP contribution in [0, 0.1) is 11.3 Å². The second-order valence-electron chi connectivity index (χ2n) is 8.42. The largest absolute Gasteiger partial charge is 0.494 e. The summed E-state index contributed by atoms with van der Waals surface area (Å²) in [5.41, 5.74) is 7.72. The van der Waals surface area contributed by atoms with E-state index in [0.29, 0.717) is 16.9 Å². The van der Waals surface area contributed by atoms with Gasteiger partial charge in [-0.05, 0) is 60.8 Å². The number of nitrogens with two attached hydrogens (primary N) is 1. The van der Waals surface area contributed by atoms with Crippen molar-refractivity contribution in [3.63, 3.8) is 0 Å². The summed E-state index contributed by atoms with van der Waals surface area (Å²) in [5, 5.41) is 0. The summed E-state index contributed by atoms with van der Waals surface area (Å²) in [6.07, 6.45) is 10.7. The number of ether oxygens (including phenoxy) is 1. The molecule has 1 aliphatic rings. The van der Waals surface area contributed by atoms with Crippen molar-refractivity contribution in [1.29, 1.82) is 0 Å². The molecule has 2 N–H and O–H groups in total. The van der Waals surface area contributed by atoms with Crippen LogP contribution in [-0.4, -0.2) is 12.5 Å². The highest BCUT2D eigenvalue weighted by Gasteiger charge is 2.28. The highest BCUT2D eigenvalue weighted by molar-refractivity contribution is 5.94. The molecule has 3 nitrogen and oxygen atoms in total. The molecule has 0 saturated heterocycles. The number of carbonyl (C=O) groups is 1. The predicted octanol–water partition coefficient (Wildman–Crippen LogP) is 5.50. The van der Waals surface area contributed by atoms with E-state index < -0.39 is 0 Å². The van der Waals surface area contributed by atoms with Crippen LogP contribution in [0.3, 0.4) is 0 Å². The summed E-state index contributed by atoms with van der Waals surface area (Å²) in [6.45, 7) is 7.65. The summed E-state index contributed by atoms with van der Waals surface area (Å²) >= 11 is 0. The van der Waals surface area contributed by atoms with Crippen LogP contribution in [-0.2, 0) is 6.42 Å². The van der Waals surface area contributed by atoms with Crippen LogP contribution in [0.15, 0.2) is 18.2 Å². The lowest BCUT2D eigenvalue weighted by Gasteiger charge is -2.35. The van der Waals surface area contributed by atoms with Crippen molar-refractivity contribution in [3.05, 3.63) is 29.3 Å². The van der Waals surface area contributed by atoms with E-state index in [0.717, 1.165) is 30.8 Å². The summed E-state index contributed by atoms with van der Waals surface area (Å²) in [6, 6.07) is 5.77. The lowest BCUT2D eigenvalue weighted by Crippen LogP contribution is -2.25. The maximum atomic E-state index is 11.8. The Hall–Kier alpha value is -1.51. The Bertz CT molecular complexity index is 565. The molecular formula is C22H35NO2. The zero-order valence-corrected chi connectivity index (χ0v) is 16.3. The van der Waals surface area contributed by atoms with Gasteiger partial charge in [0.05, 0.1) is 6.61 Å². The molecule has 1 amide bonds. The van der Waals surface area contributed by atoms with Crippen molar-refractivity contribution in [3.8, 4) is 5.75 Å². The maximum absolute atomic E-state index is 11.8. The molecule has 0 radical (unpaired) electrons. The third kappa shape index (κ3) is 6.37. The van der Waals surface area contributed by atoms with E-state index in [1.165, 1.54) is 44.9 Å². The van der Waals surface area contributed by atoms with Gasteiger partial charge in [-0.1, -0.05) is 52.9 Å². The van der Waals surface area contributed by atoms with Gasteiger partial charge < -0.3 is 10.5 Å². The Morgan fingerprint density at radius 1 is 1.28 bits per heavy atom. The van der Waals surface area contributed by atoms with Gasteiger partial charge in [-0.2, -0.15) is 0 Å². The van der Waals surface area contributed by atoms with Crippen LogP contribution in [0.2, 0.25) is 0 Å². The molecule has 1 aromatic carbocycles. The van der Waals surface area contributed by atoms with Gasteiger partial charge in [0.25, 0.3) is 0 Å². The quantitative estimate of drug-likeness (QED) is 0.600. The van der Waals surface area contributed by atoms with E-state index in [1.807, 2.05) is 18.2 Å². The third-order valence-corrected chi connectivity index (χ3v) is 5.42. The molecule has 1 atom stereocenters. The second kappa shape index (κ2) is 9.26. The SMILES string of the molecule is CCCCCCOc1ccc(C(N)=O)c(CC2CCCC(C)(C)C2)c1. The third-order valence-electron chi connectivity index (χ3n) is 5.42. The van der Waals surface area contributed by atoms with Crippen molar-refractivity contribution in [2.45, 2.75) is 78.6 Å². The van der Waals surface area contributed by atoms with Crippen LogP contribution < -0.4 is 10.5 Å². The van der Waals surface area contributed by atoms with Crippen molar-refractivity contribution in [2.75, 3.05) is 6.61 Å². The molecule has 0 spiro atoms. The molecule has 0 aromatic heterocycles. The van der Waals surface area contributed by atoms with Gasteiger partial charge in [-0.25, -0.2) is 0 Å². The summed E-state index contributed by atoms with van der Waals surface area (Å²) in [4.78, 5) is 11.8. The topological polar surface area (TPSA) is 52.3 Å². The average Bonchev–Trinajstić information content (AvgIpc) is 2.53. The number of carbonyl (C=O) groups excluding carboxylic acids is 1. The minimum atomic E-state index is -0.334. The van der Waals surface area contributed by atoms with E-state index in [2.05, 4.69) is 20.8 Å². The minimum Gasteiger partial charge on any atom is -0.494 e. The zero-order valence-electron chi connectivity index (χ0n) is 16.3. The van der Waals surface area contributed by atoms with Gasteiger partial charge >= 0.3 is 0 Å². The first kappa shape index (κ1) is 19.8. The van der Waals surface area contributed by atoms with Crippen molar-refractivity contribution < 1.29 is 9.53 Å². The Morgan fingerprint density at radius 2 is 2.08 bits per heavy atom. The number of primary amides is 1. The number of benzene rings is 1. The number of amides is 1. The van der Waals surface area contributed by atoms with Crippen LogP contribution in [0.25, 0.3) is 0 Å². The fraction of sp³-hybridized carbons (Fsp3) is 0.682. The first-order chi connectivity index (χ1) is 11.9. The van der Waals surface area contributed by atoms with E-state index in [9.17, 15) is 4.79 Å². The Balaban J connectivity index is 2.03. The molecule has 0 heterocycles. The van der Waals surface area contributed by atoms with Gasteiger partial charge in [-0.3, -0.25) is 4.79 Å². The van der Waals surface area contributed by atoms with Gasteiger partial charge in [0, 0.05) is 5.56 Å². The van der Waals surface area contributed by atoms with Crippen LogP contribution in [0.4, 0.5) is 0 Å². The number of unbranched alkanes of at least 4 members (excludes halogenated alkanes) is 3. The lowest BCUT2D eigenvalue weighted by atomic mass is 9.70. The van der Waals surface area contributed by atoms with Crippen molar-refractivity contribution in [2.24, 2.45) is 17.1 Å². The van der Waals surface area contributed by atoms with Crippen molar-refractivity contribution in [1.82, 2.24) is 0 Å². The molecule has 1 aliphatic carbocycles. The average molecular weight is 346 g/mol. The highest BCUT2D eigenvalue weighted by atomic mass is 16.5. The first-order valence-corrected chi connectivity index (χ1v) is 9.97. The highest BCUT2D eigenvalue weighted by Crippen LogP contribution is 2.40. The van der Waals surface area contributed by atoms with E-state index in [1.54, 1.807) is 0 Å². The predicted molar refractivity (Wildman–Crippen MR) is 104 cm³/mol. The number of hydrogen-bond donors (Lipinski definition) is 1. The smallest absolute Gasteiger partial charge is 0.248 e. The van der Waals surface area contributed by atoms with Gasteiger partial charge in [0.15, 0.2) is 0 Å². The van der Waals surface area contributed by atoms with E-state index in [4.69, 9.17) is 10.5 Å². The van der Waals surface area contributed by atoms with E-state index in [-0.39, 0.29) is 5.91 Å². The molecule has 0 bridgehead atoms. The van der Waals surface area contributed by atoms with Crippen LogP contribution in [0.1, 0.15) is 88.1 Å². The fourth-order valence-corrected chi connectivity index (χ4v) is 4.13. The molecule has 0 aliphatic heterocycles. The molecule has 25 heavy (non-hydrogen) atoms. The molecule has 1 saturated carbocycles. The van der Waals surface area contributed by atoms with Crippen molar-refractivity contribution >= 4 is 5.91 Å². The molecule has 1 aromatic rings. The number of rotatable bonds is 9. The summed E-state index contributed by atoms with van der Waals surface area (Å²) < 4.78 is 5.91. The maximum Gasteiger partial charge on any atom is 0.248 e.